The molecule has 0 spiro atoms. The lowest BCUT2D eigenvalue weighted by atomic mass is 10.0. The van der Waals surface area contributed by atoms with E-state index in [0.717, 1.165) is 146 Å². The van der Waals surface area contributed by atoms with Crippen LogP contribution in [0.15, 0.2) is 0 Å². The molecule has 0 aliphatic carbocycles. The predicted octanol–water partition coefficient (Wildman–Crippen LogP) is 9.15. The maximum absolute atomic E-state index is 11.8. The van der Waals surface area contributed by atoms with Gasteiger partial charge in [-0.2, -0.15) is 47.0 Å². The predicted molar refractivity (Wildman–Crippen MR) is 433 cm³/mol. The first-order chi connectivity index (χ1) is 48.8. The average molecular weight is 1640 g/mol. The molecule has 8 saturated heterocycles. The first-order valence-corrected chi connectivity index (χ1v) is 49.7. The van der Waals surface area contributed by atoms with E-state index in [2.05, 4.69) is 63.8 Å². The van der Waals surface area contributed by atoms with Gasteiger partial charge in [0.25, 0.3) is 0 Å². The topological polar surface area (TPSA) is 349 Å². The number of fused-ring (bicyclic) bond motifs is 4. The van der Waals surface area contributed by atoms with E-state index in [-0.39, 0.29) is 113 Å². The zero-order valence-electron chi connectivity index (χ0n) is 58.9. The largest absolute Gasteiger partial charge is 0.355 e. The summed E-state index contributed by atoms with van der Waals surface area (Å²) in [5, 5.41) is 37.4. The summed E-state index contributed by atoms with van der Waals surface area (Å²) in [7, 11) is 13.6. The van der Waals surface area contributed by atoms with Crippen LogP contribution >= 0.6 is 133 Å². The van der Waals surface area contributed by atoms with E-state index in [0.29, 0.717) is 111 Å². The zero-order valence-corrected chi connectivity index (χ0v) is 68.7. The van der Waals surface area contributed by atoms with Crippen LogP contribution in [0.2, 0.25) is 0 Å². The minimum atomic E-state index is -0.0444. The Kier molecular flexibility index (Phi) is 47.5. The molecule has 12 atom stereocenters. The molecule has 12 N–H and O–H groups in total. The molecular formula is C65H110N12O12S12. The lowest BCUT2D eigenvalue weighted by molar-refractivity contribution is -0.121. The third kappa shape index (κ3) is 39.0. The van der Waals surface area contributed by atoms with Gasteiger partial charge in [-0.3, -0.25) is 38.4 Å². The molecule has 12 amide bonds. The van der Waals surface area contributed by atoms with Crippen LogP contribution in [-0.2, 0) is 38.4 Å². The fourth-order valence-corrected chi connectivity index (χ4v) is 25.8. The summed E-state index contributed by atoms with van der Waals surface area (Å²) in [5.74, 6) is 12.2. The molecule has 0 bridgehead atoms. The van der Waals surface area contributed by atoms with Crippen molar-refractivity contribution in [3.05, 3.63) is 0 Å². The summed E-state index contributed by atoms with van der Waals surface area (Å²) >= 11 is 7.67. The Balaban J connectivity index is 0.000000243. The molecule has 0 aromatic carbocycles. The van der Waals surface area contributed by atoms with Crippen molar-refractivity contribution in [2.45, 2.75) is 232 Å². The van der Waals surface area contributed by atoms with E-state index in [9.17, 15) is 57.5 Å². The lowest BCUT2D eigenvalue weighted by Gasteiger charge is -2.16. The molecule has 101 heavy (non-hydrogen) atoms. The van der Waals surface area contributed by atoms with Gasteiger partial charge in [0.1, 0.15) is 23.1 Å². The highest BCUT2D eigenvalue weighted by Crippen LogP contribution is 2.37. The highest BCUT2D eigenvalue weighted by atomic mass is 33.1. The second kappa shape index (κ2) is 53.6. The number of amides is 12. The fourth-order valence-electron chi connectivity index (χ4n) is 11.7. The first-order valence-electron chi connectivity index (χ1n) is 35.6. The van der Waals surface area contributed by atoms with Gasteiger partial charge in [-0.15, -0.1) is 0 Å². The van der Waals surface area contributed by atoms with Crippen LogP contribution in [0.1, 0.15) is 163 Å². The van der Waals surface area contributed by atoms with Crippen LogP contribution in [0.3, 0.4) is 0 Å². The Hall–Kier alpha value is -2.16. The normalized spacial score (nSPS) is 24.4. The second-order valence-corrected chi connectivity index (χ2v) is 41.3. The maximum Gasteiger partial charge on any atom is 0.315 e. The van der Waals surface area contributed by atoms with Gasteiger partial charge in [0.05, 0.1) is 48.3 Å². The first kappa shape index (κ1) is 89.5. The molecule has 0 saturated carbocycles. The van der Waals surface area contributed by atoms with E-state index in [4.69, 9.17) is 0 Å². The van der Waals surface area contributed by atoms with Gasteiger partial charge in [-0.05, 0) is 72.1 Å². The lowest BCUT2D eigenvalue weighted by Crippen LogP contribution is -2.36. The molecule has 12 unspecified atom stereocenters. The highest BCUT2D eigenvalue weighted by molar-refractivity contribution is 8.77. The van der Waals surface area contributed by atoms with E-state index >= 15 is 0 Å². The molecule has 574 valence electrons. The molecule has 8 rings (SSSR count). The number of Topliss-reactive ketones (excluding diaryl/α,β-unsaturated/α-hetero) is 4. The molecule has 0 aromatic heterocycles. The number of hydrogen-bond donors (Lipinski definition) is 12. The van der Waals surface area contributed by atoms with Crippen molar-refractivity contribution in [3.63, 3.8) is 0 Å². The summed E-state index contributed by atoms with van der Waals surface area (Å²) in [4.78, 5) is 136. The number of urea groups is 4. The summed E-state index contributed by atoms with van der Waals surface area (Å²) in [6.07, 6.45) is 17.2. The van der Waals surface area contributed by atoms with Crippen LogP contribution in [0.25, 0.3) is 0 Å². The monoisotopic (exact) mass is 1630 g/mol. The second-order valence-electron chi connectivity index (χ2n) is 25.4. The molecule has 8 aliphatic rings. The number of thioether (sulfide) groups is 4. The van der Waals surface area contributed by atoms with E-state index in [1.807, 2.05) is 54.0 Å². The van der Waals surface area contributed by atoms with Crippen LogP contribution in [0.5, 0.6) is 0 Å². The van der Waals surface area contributed by atoms with Gasteiger partial charge >= 0.3 is 24.1 Å². The van der Waals surface area contributed by atoms with E-state index < -0.39 is 0 Å². The number of nitrogens with one attached hydrogen (secondary N) is 12. The number of ketones is 4. The van der Waals surface area contributed by atoms with Crippen molar-refractivity contribution in [1.82, 2.24) is 63.8 Å². The Morgan fingerprint density at radius 3 is 0.782 bits per heavy atom. The third-order valence-corrected chi connectivity index (χ3v) is 32.8. The number of unbranched alkanes of at least 4 members (excludes halogenated alkanes) is 4. The average Bonchev–Trinajstić information content (AvgIpc) is 1.70. The third-order valence-electron chi connectivity index (χ3n) is 17.2. The van der Waals surface area contributed by atoms with Gasteiger partial charge < -0.3 is 63.8 Å². The summed E-state index contributed by atoms with van der Waals surface area (Å²) < 4.78 is 0. The highest BCUT2D eigenvalue weighted by Gasteiger charge is 2.45. The molecular weight excluding hydrogens is 1530 g/mol. The Bertz CT molecular complexity index is 2410. The Morgan fingerprint density at radius 1 is 0.327 bits per heavy atom. The summed E-state index contributed by atoms with van der Waals surface area (Å²) in [6.45, 7) is 9.42. The minimum absolute atomic E-state index is 0.0438. The van der Waals surface area contributed by atoms with Crippen molar-refractivity contribution in [2.75, 3.05) is 95.2 Å². The Labute approximate surface area is 647 Å². The summed E-state index contributed by atoms with van der Waals surface area (Å²) in [6, 6.07) is 1.94. The quantitative estimate of drug-likeness (QED) is 0.0153. The number of carbonyl (C=O) groups excluding carboxylic acids is 12. The zero-order chi connectivity index (χ0) is 73.0. The molecule has 8 heterocycles. The van der Waals surface area contributed by atoms with Gasteiger partial charge in [0.15, 0.2) is 0 Å². The van der Waals surface area contributed by atoms with Crippen LogP contribution in [0, 0.1) is 0 Å². The SMILES string of the molecule is CC(=O)CCSSCCNC(=O)CCCCC1SCC2NC(=O)NC21.CC(=O)CCSSCCNC(=O)CCCCC1SCC2NC(=O)NC21.CC(=O)CCSSCCNC(=O)CCCCC1SCC2NC(=O)NC21.CCC(=O)CCSSCCNC(=O)CCCCC1SCC2NC(=O)NC21. The number of hydrogen-bond acceptors (Lipinski definition) is 24. The standard InChI is InChI=1S/C17H29N3O3S3.3C16H27N3O3S3/c1-2-12(21)7-9-25-26-10-8-18-15(22)6-4-3-5-14-16-13(11-24-14)19-17(23)20-16;3*1-11(20)6-8-24-25-9-7-17-14(21)5-3-2-4-13-15-12(10-23-13)18-16(22)19-15/h13-14,16H,2-11H2,1H3,(H,18,22)(H2,19,20,23);3*12-13,15H,2-10H2,1H3,(H,17,21)(H2,18,19,22). The van der Waals surface area contributed by atoms with E-state index in [1.165, 1.54) is 0 Å². The Morgan fingerprint density at radius 2 is 0.554 bits per heavy atom. The fraction of sp³-hybridized carbons (Fsp3) is 0.815. The molecule has 0 aromatic rings. The van der Waals surface area contributed by atoms with Gasteiger partial charge in [-0.1, -0.05) is 119 Å². The maximum atomic E-state index is 11.8. The van der Waals surface area contributed by atoms with Crippen LogP contribution in [0.4, 0.5) is 19.2 Å². The minimum Gasteiger partial charge on any atom is -0.355 e. The summed E-state index contributed by atoms with van der Waals surface area (Å²) in [5.41, 5.74) is 0. The van der Waals surface area contributed by atoms with Gasteiger partial charge in [0, 0.05) is 174 Å². The van der Waals surface area contributed by atoms with Crippen molar-refractivity contribution in [1.29, 1.82) is 0 Å². The molecule has 8 fully saturated rings. The molecule has 8 aliphatic heterocycles. The van der Waals surface area contributed by atoms with Crippen molar-refractivity contribution in [3.8, 4) is 0 Å². The number of rotatable bonds is 49. The number of carbonyl (C=O) groups is 12. The van der Waals surface area contributed by atoms with Gasteiger partial charge in [0.2, 0.25) is 23.6 Å². The molecule has 24 nitrogen and oxygen atoms in total. The smallest absolute Gasteiger partial charge is 0.315 e. The van der Waals surface area contributed by atoms with Crippen LogP contribution < -0.4 is 63.8 Å². The van der Waals surface area contributed by atoms with Crippen molar-refractivity contribution in [2.24, 2.45) is 0 Å². The van der Waals surface area contributed by atoms with Crippen molar-refractivity contribution < 1.29 is 57.5 Å². The molecule has 36 heteroatoms. The molecule has 0 radical (unpaired) electrons. The van der Waals surface area contributed by atoms with Crippen molar-refractivity contribution >= 4 is 204 Å². The van der Waals surface area contributed by atoms with Crippen LogP contribution in [-0.4, -0.2) is 235 Å². The van der Waals surface area contributed by atoms with Gasteiger partial charge in [-0.25, -0.2) is 19.2 Å². The van der Waals surface area contributed by atoms with E-state index in [1.54, 1.807) is 107 Å².